The van der Waals surface area contributed by atoms with Gasteiger partial charge in [-0.2, -0.15) is 11.8 Å². The quantitative estimate of drug-likeness (QED) is 0.164. The van der Waals surface area contributed by atoms with Crippen LogP contribution in [0.2, 0.25) is 0 Å². The predicted molar refractivity (Wildman–Crippen MR) is 206 cm³/mol. The average Bonchev–Trinajstić information content (AvgIpc) is 3.06. The highest BCUT2D eigenvalue weighted by Gasteiger charge is 2.17. The van der Waals surface area contributed by atoms with Gasteiger partial charge in [0.05, 0.1) is 11.4 Å². The lowest BCUT2D eigenvalue weighted by Crippen LogP contribution is -2.21. The number of allylic oxidation sites excluding steroid dienone is 2. The topological polar surface area (TPSA) is 71.5 Å². The Kier molecular flexibility index (Phi) is 15.3. The summed E-state index contributed by atoms with van der Waals surface area (Å²) in [6.07, 6.45) is 12.2. The van der Waals surface area contributed by atoms with Gasteiger partial charge in [-0.1, -0.05) is 108 Å². The summed E-state index contributed by atoms with van der Waals surface area (Å²) < 4.78 is 6.20. The fraction of sp³-hybridized carbons (Fsp3) is 0.381. The van der Waals surface area contributed by atoms with Crippen LogP contribution in [0, 0.1) is 12.8 Å². The van der Waals surface area contributed by atoms with Gasteiger partial charge in [-0.15, -0.1) is 0 Å². The smallest absolute Gasteiger partial charge is 0.322 e. The summed E-state index contributed by atoms with van der Waals surface area (Å²) in [5.74, 6) is 2.19. The highest BCUT2D eigenvalue weighted by atomic mass is 32.2. The van der Waals surface area contributed by atoms with Crippen molar-refractivity contribution in [2.75, 3.05) is 12.8 Å². The number of nitrogens with one attached hydrogen (secondary N) is 1. The summed E-state index contributed by atoms with van der Waals surface area (Å²) in [4.78, 5) is 15.9. The van der Waals surface area contributed by atoms with Gasteiger partial charge in [-0.05, 0) is 97.0 Å². The number of hydrogen-bond acceptors (Lipinski definition) is 5. The van der Waals surface area contributed by atoms with Gasteiger partial charge in [-0.25, -0.2) is 0 Å². The third-order valence-corrected chi connectivity index (χ3v) is 8.46. The van der Waals surface area contributed by atoms with Crippen molar-refractivity contribution in [2.45, 2.75) is 84.8 Å². The molecule has 0 saturated carbocycles. The minimum Gasteiger partial charge on any atom is -0.480 e. The molecule has 0 bridgehead atoms. The summed E-state index contributed by atoms with van der Waals surface area (Å²) in [6, 6.07) is 24.9. The summed E-state index contributed by atoms with van der Waals surface area (Å²) in [7, 11) is 0. The number of thioether (sulfide) groups is 1. The first-order valence-corrected chi connectivity index (χ1v) is 18.4. The van der Waals surface area contributed by atoms with E-state index in [0.717, 1.165) is 53.0 Å². The Balaban J connectivity index is 0.000000404. The molecule has 1 heterocycles. The van der Waals surface area contributed by atoms with Crippen molar-refractivity contribution in [3.05, 3.63) is 120 Å². The van der Waals surface area contributed by atoms with E-state index in [9.17, 15) is 4.79 Å². The Morgan fingerprint density at radius 1 is 1.02 bits per heavy atom. The molecule has 0 amide bonds. The third kappa shape index (κ3) is 12.5. The SMILES string of the molecule is C=C(NCC(=O)O)c1cc2ccc(Oc3ccc(C(C)(C)C)cc3)cc2c(CC2C=CCCC2)n1.CCC.CSCc1ccc(C)cc1. The number of carboxylic acid groups (broad SMARTS) is 1. The lowest BCUT2D eigenvalue weighted by Gasteiger charge is -2.19. The van der Waals surface area contributed by atoms with Gasteiger partial charge >= 0.3 is 5.97 Å². The number of hydrogen-bond donors (Lipinski definition) is 2. The molecule has 256 valence electrons. The summed E-state index contributed by atoms with van der Waals surface area (Å²) in [5.41, 5.74) is 6.26. The van der Waals surface area contributed by atoms with Crippen molar-refractivity contribution < 1.29 is 14.6 Å². The molecule has 3 aromatic carbocycles. The largest absolute Gasteiger partial charge is 0.480 e. The van der Waals surface area contributed by atoms with Crippen molar-refractivity contribution in [2.24, 2.45) is 5.92 Å². The second kappa shape index (κ2) is 19.1. The lowest BCUT2D eigenvalue weighted by molar-refractivity contribution is -0.135. The highest BCUT2D eigenvalue weighted by molar-refractivity contribution is 7.97. The standard InChI is InChI=1S/C30H34N2O3.C9H12S.C3H8/c1-20(31-19-29(33)34)27-17-22-10-13-25(35-24-14-11-23(12-15-24)30(2,3)4)18-26(22)28(32-27)16-21-8-6-5-7-9-21;1-8-3-5-9(6-4-8)7-10-2;1-3-2/h6,8,10-15,17-18,21,31H,1,5,7,9,16,19H2,2-4H3,(H,33,34);3-6H,7H2,1-2H3;3H2,1-2H3. The molecule has 0 spiro atoms. The van der Waals surface area contributed by atoms with Gasteiger partial charge in [0.1, 0.15) is 18.0 Å². The predicted octanol–water partition coefficient (Wildman–Crippen LogP) is 11.1. The molecule has 6 heteroatoms. The van der Waals surface area contributed by atoms with Crippen LogP contribution < -0.4 is 10.1 Å². The maximum Gasteiger partial charge on any atom is 0.322 e. The molecule has 1 aliphatic carbocycles. The van der Waals surface area contributed by atoms with Crippen LogP contribution in [0.1, 0.15) is 88.4 Å². The van der Waals surface area contributed by atoms with Crippen molar-refractivity contribution >= 4 is 34.2 Å². The Morgan fingerprint density at radius 3 is 2.27 bits per heavy atom. The number of aliphatic carboxylic acids is 1. The molecule has 48 heavy (non-hydrogen) atoms. The second-order valence-electron chi connectivity index (χ2n) is 13.4. The molecule has 0 radical (unpaired) electrons. The van der Waals surface area contributed by atoms with Crippen LogP contribution in [-0.2, 0) is 22.4 Å². The Hall–Kier alpha value is -4.03. The number of benzene rings is 3. The lowest BCUT2D eigenvalue weighted by atomic mass is 9.87. The minimum atomic E-state index is -0.933. The summed E-state index contributed by atoms with van der Waals surface area (Å²) >= 11 is 1.86. The molecule has 1 aliphatic rings. The van der Waals surface area contributed by atoms with Crippen molar-refractivity contribution in [1.29, 1.82) is 0 Å². The van der Waals surface area contributed by atoms with E-state index >= 15 is 0 Å². The number of aryl methyl sites for hydroxylation is 1. The molecule has 5 nitrogen and oxygen atoms in total. The van der Waals surface area contributed by atoms with Gasteiger partial charge in [0.25, 0.3) is 0 Å². The number of pyridine rings is 1. The molecule has 2 N–H and O–H groups in total. The fourth-order valence-corrected chi connectivity index (χ4v) is 5.78. The number of ether oxygens (including phenoxy) is 1. The van der Waals surface area contributed by atoms with Gasteiger partial charge in [0, 0.05) is 16.8 Å². The zero-order chi connectivity index (χ0) is 35.1. The van der Waals surface area contributed by atoms with Crippen LogP contribution in [0.4, 0.5) is 0 Å². The normalized spacial score (nSPS) is 13.9. The number of aromatic nitrogens is 1. The number of fused-ring (bicyclic) bond motifs is 1. The first-order chi connectivity index (χ1) is 22.9. The fourth-order valence-electron chi connectivity index (χ4n) is 5.25. The van der Waals surface area contributed by atoms with E-state index < -0.39 is 5.97 Å². The van der Waals surface area contributed by atoms with E-state index in [-0.39, 0.29) is 12.0 Å². The van der Waals surface area contributed by atoms with E-state index in [2.05, 4.69) is 114 Å². The van der Waals surface area contributed by atoms with Crippen molar-refractivity contribution in [3.63, 3.8) is 0 Å². The van der Waals surface area contributed by atoms with Crippen LogP contribution in [0.25, 0.3) is 16.5 Å². The minimum absolute atomic E-state index is 0.0939. The Bertz CT molecular complexity index is 1640. The Morgan fingerprint density at radius 2 is 1.69 bits per heavy atom. The zero-order valence-corrected chi connectivity index (χ0v) is 30.8. The van der Waals surface area contributed by atoms with Crippen LogP contribution >= 0.6 is 11.8 Å². The van der Waals surface area contributed by atoms with Crippen LogP contribution in [-0.4, -0.2) is 28.9 Å². The summed E-state index contributed by atoms with van der Waals surface area (Å²) in [5, 5.41) is 13.9. The van der Waals surface area contributed by atoms with E-state index in [1.807, 2.05) is 42.1 Å². The highest BCUT2D eigenvalue weighted by Crippen LogP contribution is 2.32. The van der Waals surface area contributed by atoms with E-state index in [1.54, 1.807) is 0 Å². The third-order valence-electron chi connectivity index (χ3n) is 7.84. The molecule has 1 atom stereocenters. The molecule has 0 fully saturated rings. The molecule has 5 rings (SSSR count). The van der Waals surface area contributed by atoms with Gasteiger partial charge < -0.3 is 15.2 Å². The summed E-state index contributed by atoms with van der Waals surface area (Å²) in [6.45, 7) is 16.8. The number of carboxylic acids is 1. The average molecular weight is 667 g/mol. The number of rotatable bonds is 10. The van der Waals surface area contributed by atoms with Crippen molar-refractivity contribution in [1.82, 2.24) is 10.3 Å². The van der Waals surface area contributed by atoms with Crippen LogP contribution in [0.3, 0.4) is 0 Å². The first-order valence-electron chi connectivity index (χ1n) is 17.0. The molecular weight excluding hydrogens is 613 g/mol. The molecule has 1 unspecified atom stereocenters. The number of nitrogens with zero attached hydrogens (tertiary/aromatic N) is 1. The van der Waals surface area contributed by atoms with Crippen LogP contribution in [0.5, 0.6) is 11.5 Å². The monoisotopic (exact) mass is 666 g/mol. The second-order valence-corrected chi connectivity index (χ2v) is 14.3. The molecular formula is C42H54N2O3S. The van der Waals surface area contributed by atoms with Crippen LogP contribution in [0.15, 0.2) is 91.5 Å². The van der Waals surface area contributed by atoms with Gasteiger partial charge in [-0.3, -0.25) is 9.78 Å². The van der Waals surface area contributed by atoms with E-state index in [0.29, 0.717) is 17.3 Å². The van der Waals surface area contributed by atoms with Crippen molar-refractivity contribution in [3.8, 4) is 11.5 Å². The molecule has 0 saturated heterocycles. The first kappa shape index (κ1) is 38.4. The molecule has 1 aromatic heterocycles. The molecule has 0 aliphatic heterocycles. The maximum absolute atomic E-state index is 11.0. The maximum atomic E-state index is 11.0. The van der Waals surface area contributed by atoms with E-state index in [1.165, 1.54) is 29.5 Å². The Labute approximate surface area is 292 Å². The van der Waals surface area contributed by atoms with E-state index in [4.69, 9.17) is 14.8 Å². The zero-order valence-electron chi connectivity index (χ0n) is 29.9. The van der Waals surface area contributed by atoms with Gasteiger partial charge in [0.15, 0.2) is 0 Å². The van der Waals surface area contributed by atoms with Gasteiger partial charge in [0.2, 0.25) is 0 Å². The number of carbonyl (C=O) groups is 1. The molecule has 4 aromatic rings.